The number of piperazine rings is 1. The van der Waals surface area contributed by atoms with Gasteiger partial charge >= 0.3 is 6.18 Å². The second-order valence-corrected chi connectivity index (χ2v) is 10.9. The fourth-order valence-electron chi connectivity index (χ4n) is 5.18. The minimum Gasteiger partial charge on any atom is -0.454 e. The average Bonchev–Trinajstić information content (AvgIpc) is 3.77. The number of benzene rings is 2. The van der Waals surface area contributed by atoms with E-state index in [0.29, 0.717) is 28.5 Å². The van der Waals surface area contributed by atoms with Crippen LogP contribution in [0.15, 0.2) is 65.6 Å². The number of halogens is 3. The zero-order chi connectivity index (χ0) is 28.7. The molecule has 0 atom stereocenters. The van der Waals surface area contributed by atoms with E-state index < -0.39 is 11.7 Å². The lowest BCUT2D eigenvalue weighted by atomic mass is 10.1. The number of nitrogens with one attached hydrogen (secondary N) is 1. The van der Waals surface area contributed by atoms with Crippen LogP contribution in [0.25, 0.3) is 16.9 Å². The number of thiophene rings is 1. The minimum absolute atomic E-state index is 0.157. The molecule has 0 spiro atoms. The van der Waals surface area contributed by atoms with Crippen LogP contribution in [0.1, 0.15) is 16.7 Å². The largest absolute Gasteiger partial charge is 0.454 e. The van der Waals surface area contributed by atoms with Gasteiger partial charge in [-0.2, -0.15) is 34.5 Å². The van der Waals surface area contributed by atoms with Gasteiger partial charge in [0.15, 0.2) is 28.5 Å². The number of hydrogen-bond acceptors (Lipinski definition) is 9. The topological polar surface area (TPSA) is 80.6 Å². The minimum atomic E-state index is -4.41. The molecule has 5 aromatic rings. The van der Waals surface area contributed by atoms with Crippen LogP contribution in [0.4, 0.5) is 24.9 Å². The molecule has 2 aliphatic rings. The van der Waals surface area contributed by atoms with Crippen molar-refractivity contribution in [3.8, 4) is 17.2 Å². The summed E-state index contributed by atoms with van der Waals surface area (Å²) >= 11 is 1.57. The molecule has 1 fully saturated rings. The van der Waals surface area contributed by atoms with E-state index >= 15 is 0 Å². The summed E-state index contributed by atoms with van der Waals surface area (Å²) in [5.41, 5.74) is 3.09. The number of hydrogen-bond donors (Lipinski definition) is 1. The highest BCUT2D eigenvalue weighted by Crippen LogP contribution is 2.33. The first-order valence-corrected chi connectivity index (χ1v) is 14.4. The van der Waals surface area contributed by atoms with Gasteiger partial charge in [0.1, 0.15) is 6.33 Å². The monoisotopic (exact) mass is 593 g/mol. The van der Waals surface area contributed by atoms with Crippen molar-refractivity contribution in [1.82, 2.24) is 24.4 Å². The standard InChI is InChI=1S/C29H26F3N7O2S/c30-29(31,32)21-3-1-2-19(12-21)14-33-26-25-27(39(17-34-25)22-6-11-42-16-22)36-28(35-26)38-9-7-37(8-10-38)15-20-4-5-23-24(13-20)41-18-40-23/h1-6,11-13,16-17H,7-10,14-15,18H2,(H,33,35,36). The van der Waals surface area contributed by atoms with Gasteiger partial charge in [-0.05, 0) is 46.8 Å². The average molecular weight is 594 g/mol. The molecular weight excluding hydrogens is 567 g/mol. The van der Waals surface area contributed by atoms with Crippen molar-refractivity contribution in [1.29, 1.82) is 0 Å². The Morgan fingerprint density at radius 2 is 1.79 bits per heavy atom. The molecule has 3 aromatic heterocycles. The van der Waals surface area contributed by atoms with E-state index in [4.69, 9.17) is 19.4 Å². The molecule has 13 heteroatoms. The van der Waals surface area contributed by atoms with Gasteiger partial charge in [-0.25, -0.2) is 4.98 Å². The zero-order valence-corrected chi connectivity index (χ0v) is 23.2. The Morgan fingerprint density at radius 3 is 2.60 bits per heavy atom. The lowest BCUT2D eigenvalue weighted by molar-refractivity contribution is -0.137. The van der Waals surface area contributed by atoms with Gasteiger partial charge in [0.25, 0.3) is 0 Å². The van der Waals surface area contributed by atoms with Crippen molar-refractivity contribution >= 4 is 34.3 Å². The van der Waals surface area contributed by atoms with Gasteiger partial charge in [0.2, 0.25) is 12.7 Å². The predicted octanol–water partition coefficient (Wildman–Crippen LogP) is 5.56. The van der Waals surface area contributed by atoms with Crippen LogP contribution < -0.4 is 19.7 Å². The molecule has 0 unspecified atom stereocenters. The Bertz CT molecular complexity index is 1720. The Labute approximate surface area is 243 Å². The number of ether oxygens (including phenoxy) is 2. The molecule has 0 saturated carbocycles. The number of alkyl halides is 3. The van der Waals surface area contributed by atoms with E-state index in [1.165, 1.54) is 6.07 Å². The molecule has 0 radical (unpaired) electrons. The van der Waals surface area contributed by atoms with E-state index in [2.05, 4.69) is 26.2 Å². The second-order valence-electron chi connectivity index (χ2n) is 10.1. The lowest BCUT2D eigenvalue weighted by Crippen LogP contribution is -2.46. The zero-order valence-electron chi connectivity index (χ0n) is 22.3. The third-order valence-corrected chi connectivity index (χ3v) is 8.05. The molecule has 9 nitrogen and oxygen atoms in total. The predicted molar refractivity (Wildman–Crippen MR) is 153 cm³/mol. The molecule has 7 rings (SSSR count). The highest BCUT2D eigenvalue weighted by atomic mass is 32.1. The molecular formula is C29H26F3N7O2S. The molecule has 216 valence electrons. The Balaban J connectivity index is 1.12. The SMILES string of the molecule is FC(F)(F)c1cccc(CNc2nc(N3CCN(Cc4ccc5c(c4)OCO5)CC3)nc3c2ncn3-c2ccsc2)c1. The van der Waals surface area contributed by atoms with Crippen LogP contribution in [0, 0.1) is 0 Å². The van der Waals surface area contributed by atoms with Crippen LogP contribution in [0.2, 0.25) is 0 Å². The van der Waals surface area contributed by atoms with Crippen molar-refractivity contribution in [2.45, 2.75) is 19.3 Å². The van der Waals surface area contributed by atoms with Crippen molar-refractivity contribution in [3.05, 3.63) is 82.3 Å². The maximum absolute atomic E-state index is 13.3. The fourth-order valence-corrected chi connectivity index (χ4v) is 5.81. The first-order valence-electron chi connectivity index (χ1n) is 13.4. The molecule has 42 heavy (non-hydrogen) atoms. The molecule has 5 heterocycles. The molecule has 0 aliphatic carbocycles. The van der Waals surface area contributed by atoms with E-state index in [1.807, 2.05) is 33.5 Å². The summed E-state index contributed by atoms with van der Waals surface area (Å²) in [4.78, 5) is 18.8. The first kappa shape index (κ1) is 26.5. The van der Waals surface area contributed by atoms with Crippen LogP contribution >= 0.6 is 11.3 Å². The number of anilines is 2. The lowest BCUT2D eigenvalue weighted by Gasteiger charge is -2.34. The summed E-state index contributed by atoms with van der Waals surface area (Å²) in [6.45, 7) is 4.26. The quantitative estimate of drug-likeness (QED) is 0.263. The van der Waals surface area contributed by atoms with Gasteiger partial charge in [-0.15, -0.1) is 0 Å². The Hall–Kier alpha value is -4.36. The number of nitrogens with zero attached hydrogens (tertiary/aromatic N) is 6. The van der Waals surface area contributed by atoms with Gasteiger partial charge in [-0.1, -0.05) is 18.2 Å². The maximum Gasteiger partial charge on any atom is 0.416 e. The second kappa shape index (κ2) is 10.8. The highest BCUT2D eigenvalue weighted by Gasteiger charge is 2.30. The molecule has 2 aromatic carbocycles. The van der Waals surface area contributed by atoms with E-state index in [-0.39, 0.29) is 13.3 Å². The number of aromatic nitrogens is 4. The van der Waals surface area contributed by atoms with Gasteiger partial charge in [0, 0.05) is 44.6 Å². The summed E-state index contributed by atoms with van der Waals surface area (Å²) in [6, 6.07) is 13.3. The fraction of sp³-hybridized carbons (Fsp3) is 0.276. The number of fused-ring (bicyclic) bond motifs is 2. The highest BCUT2D eigenvalue weighted by molar-refractivity contribution is 7.08. The normalized spacial score (nSPS) is 15.5. The summed E-state index contributed by atoms with van der Waals surface area (Å²) < 4.78 is 52.6. The number of rotatable bonds is 7. The van der Waals surface area contributed by atoms with Gasteiger partial charge in [-0.3, -0.25) is 9.47 Å². The van der Waals surface area contributed by atoms with E-state index in [9.17, 15) is 13.2 Å². The summed E-state index contributed by atoms with van der Waals surface area (Å²) in [5, 5.41) is 7.22. The molecule has 0 amide bonds. The van der Waals surface area contributed by atoms with Crippen LogP contribution in [-0.4, -0.2) is 57.4 Å². The van der Waals surface area contributed by atoms with Crippen molar-refractivity contribution in [2.24, 2.45) is 0 Å². The summed E-state index contributed by atoms with van der Waals surface area (Å²) in [6.07, 6.45) is -2.71. The van der Waals surface area contributed by atoms with Gasteiger partial charge in [0.05, 0.1) is 11.3 Å². The van der Waals surface area contributed by atoms with E-state index in [0.717, 1.165) is 67.6 Å². The van der Waals surface area contributed by atoms with Crippen LogP contribution in [-0.2, 0) is 19.3 Å². The van der Waals surface area contributed by atoms with E-state index in [1.54, 1.807) is 23.7 Å². The summed E-state index contributed by atoms with van der Waals surface area (Å²) in [7, 11) is 0. The van der Waals surface area contributed by atoms with Crippen molar-refractivity contribution in [3.63, 3.8) is 0 Å². The van der Waals surface area contributed by atoms with Crippen LogP contribution in [0.5, 0.6) is 11.5 Å². The van der Waals surface area contributed by atoms with Crippen LogP contribution in [0.3, 0.4) is 0 Å². The number of imidazole rings is 1. The summed E-state index contributed by atoms with van der Waals surface area (Å²) in [5.74, 6) is 2.58. The van der Waals surface area contributed by atoms with Crippen molar-refractivity contribution in [2.75, 3.05) is 43.2 Å². The molecule has 0 bridgehead atoms. The van der Waals surface area contributed by atoms with Gasteiger partial charge < -0.3 is 19.7 Å². The maximum atomic E-state index is 13.3. The third kappa shape index (κ3) is 5.32. The molecule has 2 aliphatic heterocycles. The third-order valence-electron chi connectivity index (χ3n) is 7.38. The Kier molecular flexibility index (Phi) is 6.82. The molecule has 1 N–H and O–H groups in total. The molecule has 1 saturated heterocycles. The smallest absolute Gasteiger partial charge is 0.416 e. The van der Waals surface area contributed by atoms with Crippen molar-refractivity contribution < 1.29 is 22.6 Å². The first-order chi connectivity index (χ1) is 20.4. The Morgan fingerprint density at radius 1 is 0.929 bits per heavy atom.